The predicted octanol–water partition coefficient (Wildman–Crippen LogP) is 5.08. The average molecular weight is 346 g/mol. The number of aliphatic carboxylic acids is 1. The quantitative estimate of drug-likeness (QED) is 0.780. The topological polar surface area (TPSA) is 55.8 Å². The summed E-state index contributed by atoms with van der Waals surface area (Å²) in [7, 11) is 0. The van der Waals surface area contributed by atoms with E-state index in [4.69, 9.17) is 9.47 Å². The first kappa shape index (κ1) is 18.4. The first-order chi connectivity index (χ1) is 11.9. The highest BCUT2D eigenvalue weighted by Crippen LogP contribution is 2.47. The molecule has 1 spiro atoms. The summed E-state index contributed by atoms with van der Waals surface area (Å²) in [4.78, 5) is 11.3. The van der Waals surface area contributed by atoms with E-state index in [2.05, 4.69) is 12.1 Å². The standard InChI is InChI=1S/C21H30O4/c1-20(2,19(22)23)13-9-12-17-18(16-10-5-3-6-11-16)25-21(24-17)14-7-4-8-15-21/h3,5-6,10-11,17-18H,4,7-9,12-15H2,1-2H3,(H,22,23)/t17-,18-/m0/s1. The molecule has 1 saturated heterocycles. The lowest BCUT2D eigenvalue weighted by atomic mass is 9.86. The van der Waals surface area contributed by atoms with Crippen molar-refractivity contribution in [1.29, 1.82) is 0 Å². The molecule has 25 heavy (non-hydrogen) atoms. The molecule has 138 valence electrons. The molecule has 3 rings (SSSR count). The lowest BCUT2D eigenvalue weighted by Crippen LogP contribution is -2.33. The fraction of sp³-hybridized carbons (Fsp3) is 0.667. The van der Waals surface area contributed by atoms with E-state index >= 15 is 0 Å². The number of hydrogen-bond donors (Lipinski definition) is 1. The van der Waals surface area contributed by atoms with Crippen molar-refractivity contribution in [2.24, 2.45) is 5.41 Å². The van der Waals surface area contributed by atoms with Crippen LogP contribution in [0.15, 0.2) is 30.3 Å². The van der Waals surface area contributed by atoms with Crippen molar-refractivity contribution in [1.82, 2.24) is 0 Å². The van der Waals surface area contributed by atoms with Gasteiger partial charge in [0.05, 0.1) is 11.5 Å². The number of ether oxygens (including phenoxy) is 2. The molecule has 0 unspecified atom stereocenters. The molecule has 2 fully saturated rings. The Bertz CT molecular complexity index is 575. The van der Waals surface area contributed by atoms with E-state index in [9.17, 15) is 9.90 Å². The summed E-state index contributed by atoms with van der Waals surface area (Å²) in [5.41, 5.74) is 0.469. The van der Waals surface area contributed by atoms with E-state index in [1.165, 1.54) is 6.42 Å². The molecule has 1 heterocycles. The van der Waals surface area contributed by atoms with Crippen LogP contribution in [-0.2, 0) is 14.3 Å². The van der Waals surface area contributed by atoms with Crippen LogP contribution in [0, 0.1) is 5.41 Å². The van der Waals surface area contributed by atoms with Crippen LogP contribution in [0.1, 0.15) is 76.9 Å². The van der Waals surface area contributed by atoms with Gasteiger partial charge in [-0.25, -0.2) is 0 Å². The zero-order chi connectivity index (χ0) is 17.9. The van der Waals surface area contributed by atoms with E-state index in [0.29, 0.717) is 6.42 Å². The van der Waals surface area contributed by atoms with Crippen molar-refractivity contribution in [3.63, 3.8) is 0 Å². The van der Waals surface area contributed by atoms with Crippen molar-refractivity contribution < 1.29 is 19.4 Å². The maximum absolute atomic E-state index is 11.3. The highest BCUT2D eigenvalue weighted by molar-refractivity contribution is 5.73. The van der Waals surface area contributed by atoms with Crippen LogP contribution >= 0.6 is 0 Å². The van der Waals surface area contributed by atoms with E-state index in [-0.39, 0.29) is 12.2 Å². The molecule has 0 aromatic heterocycles. The first-order valence-corrected chi connectivity index (χ1v) is 9.56. The van der Waals surface area contributed by atoms with Crippen molar-refractivity contribution in [3.8, 4) is 0 Å². The monoisotopic (exact) mass is 346 g/mol. The molecule has 2 aliphatic rings. The molecular weight excluding hydrogens is 316 g/mol. The van der Waals surface area contributed by atoms with Gasteiger partial charge in [0.25, 0.3) is 0 Å². The Hall–Kier alpha value is -1.39. The van der Waals surface area contributed by atoms with Gasteiger partial charge in [0.2, 0.25) is 0 Å². The molecule has 0 amide bonds. The second-order valence-electron chi connectivity index (χ2n) is 8.16. The number of carbonyl (C=O) groups is 1. The summed E-state index contributed by atoms with van der Waals surface area (Å²) in [6, 6.07) is 10.3. The van der Waals surface area contributed by atoms with E-state index < -0.39 is 17.2 Å². The summed E-state index contributed by atoms with van der Waals surface area (Å²) < 4.78 is 12.9. The van der Waals surface area contributed by atoms with Gasteiger partial charge >= 0.3 is 5.97 Å². The highest BCUT2D eigenvalue weighted by atomic mass is 16.8. The molecular formula is C21H30O4. The van der Waals surface area contributed by atoms with Crippen molar-refractivity contribution in [2.75, 3.05) is 0 Å². The fourth-order valence-electron chi connectivity index (χ4n) is 3.99. The van der Waals surface area contributed by atoms with Gasteiger partial charge in [-0.3, -0.25) is 4.79 Å². The van der Waals surface area contributed by atoms with E-state index in [1.807, 2.05) is 18.2 Å². The molecule has 1 saturated carbocycles. The third-order valence-electron chi connectivity index (χ3n) is 5.66. The Balaban J connectivity index is 1.69. The third kappa shape index (κ3) is 4.24. The number of carboxylic acid groups (broad SMARTS) is 1. The van der Waals surface area contributed by atoms with Gasteiger partial charge in [-0.1, -0.05) is 36.8 Å². The largest absolute Gasteiger partial charge is 0.481 e. The van der Waals surface area contributed by atoms with Gasteiger partial charge in [-0.05, 0) is 51.5 Å². The van der Waals surface area contributed by atoms with Gasteiger partial charge in [0.1, 0.15) is 6.10 Å². The summed E-state index contributed by atoms with van der Waals surface area (Å²) >= 11 is 0. The highest BCUT2D eigenvalue weighted by Gasteiger charge is 2.48. The molecule has 2 atom stereocenters. The van der Waals surface area contributed by atoms with Crippen molar-refractivity contribution >= 4 is 5.97 Å². The van der Waals surface area contributed by atoms with Gasteiger partial charge in [0.15, 0.2) is 5.79 Å². The maximum atomic E-state index is 11.3. The second kappa shape index (κ2) is 7.46. The molecule has 1 aliphatic heterocycles. The van der Waals surface area contributed by atoms with Gasteiger partial charge < -0.3 is 14.6 Å². The third-order valence-corrected chi connectivity index (χ3v) is 5.66. The number of benzene rings is 1. The van der Waals surface area contributed by atoms with Crippen LogP contribution < -0.4 is 0 Å². The first-order valence-electron chi connectivity index (χ1n) is 9.56. The van der Waals surface area contributed by atoms with Crippen LogP contribution in [0.5, 0.6) is 0 Å². The second-order valence-corrected chi connectivity index (χ2v) is 8.16. The van der Waals surface area contributed by atoms with Gasteiger partial charge in [-0.2, -0.15) is 0 Å². The summed E-state index contributed by atoms with van der Waals surface area (Å²) in [5.74, 6) is -1.16. The Labute approximate surface area is 150 Å². The number of rotatable bonds is 6. The van der Waals surface area contributed by atoms with Crippen molar-refractivity contribution in [3.05, 3.63) is 35.9 Å². The van der Waals surface area contributed by atoms with Crippen LogP contribution in [0.4, 0.5) is 0 Å². The van der Waals surface area contributed by atoms with E-state index in [1.54, 1.807) is 13.8 Å². The minimum absolute atomic E-state index is 0.00472. The minimum Gasteiger partial charge on any atom is -0.481 e. The summed E-state index contributed by atoms with van der Waals surface area (Å²) in [5, 5.41) is 9.31. The summed E-state index contributed by atoms with van der Waals surface area (Å²) in [6.07, 6.45) is 7.75. The normalized spacial score (nSPS) is 26.0. The molecule has 1 aromatic carbocycles. The Morgan fingerprint density at radius 3 is 2.48 bits per heavy atom. The van der Waals surface area contributed by atoms with E-state index in [0.717, 1.165) is 44.1 Å². The van der Waals surface area contributed by atoms with Gasteiger partial charge in [0, 0.05) is 12.8 Å². The Kier molecular flexibility index (Phi) is 5.49. The molecule has 1 aromatic rings. The zero-order valence-electron chi connectivity index (χ0n) is 15.4. The molecule has 0 radical (unpaired) electrons. The van der Waals surface area contributed by atoms with Crippen LogP contribution in [-0.4, -0.2) is 23.0 Å². The predicted molar refractivity (Wildman–Crippen MR) is 96.2 cm³/mol. The fourth-order valence-corrected chi connectivity index (χ4v) is 3.99. The molecule has 0 bridgehead atoms. The lowest BCUT2D eigenvalue weighted by molar-refractivity contribution is -0.195. The molecule has 4 heteroatoms. The Morgan fingerprint density at radius 1 is 1.16 bits per heavy atom. The number of carboxylic acids is 1. The molecule has 1 aliphatic carbocycles. The average Bonchev–Trinajstić information content (AvgIpc) is 2.94. The van der Waals surface area contributed by atoms with Crippen LogP contribution in [0.2, 0.25) is 0 Å². The number of hydrogen-bond acceptors (Lipinski definition) is 3. The molecule has 4 nitrogen and oxygen atoms in total. The molecule has 1 N–H and O–H groups in total. The SMILES string of the molecule is CC(C)(CCC[C@@H]1OC2(CCCCC2)O[C@H]1c1ccccc1)C(=O)O. The van der Waals surface area contributed by atoms with Crippen molar-refractivity contribution in [2.45, 2.75) is 83.2 Å². The zero-order valence-corrected chi connectivity index (χ0v) is 15.4. The lowest BCUT2D eigenvalue weighted by Gasteiger charge is -2.32. The van der Waals surface area contributed by atoms with Crippen LogP contribution in [0.25, 0.3) is 0 Å². The van der Waals surface area contributed by atoms with Crippen LogP contribution in [0.3, 0.4) is 0 Å². The van der Waals surface area contributed by atoms with Gasteiger partial charge in [-0.15, -0.1) is 0 Å². The Morgan fingerprint density at radius 2 is 1.84 bits per heavy atom. The summed E-state index contributed by atoms with van der Waals surface area (Å²) in [6.45, 7) is 3.58. The smallest absolute Gasteiger partial charge is 0.309 e. The maximum Gasteiger partial charge on any atom is 0.309 e. The minimum atomic E-state index is -0.737.